The van der Waals surface area contributed by atoms with E-state index in [9.17, 15) is 35.9 Å². The monoisotopic (exact) mass is 728 g/mol. The van der Waals surface area contributed by atoms with Crippen LogP contribution in [0.25, 0.3) is 33.2 Å². The number of nitrogens with zero attached hydrogens (tertiary/aromatic N) is 2. The van der Waals surface area contributed by atoms with E-state index in [0.29, 0.717) is 33.5 Å². The van der Waals surface area contributed by atoms with E-state index in [-0.39, 0.29) is 22.9 Å². The third-order valence-electron chi connectivity index (χ3n) is 7.42. The van der Waals surface area contributed by atoms with Crippen LogP contribution in [0, 0.1) is 13.8 Å². The highest BCUT2D eigenvalue weighted by molar-refractivity contribution is 8.00. The fourth-order valence-corrected chi connectivity index (χ4v) is 6.55. The van der Waals surface area contributed by atoms with Crippen molar-refractivity contribution in [2.75, 3.05) is 22.1 Å². The van der Waals surface area contributed by atoms with Gasteiger partial charge < -0.3 is 20.6 Å². The average molecular weight is 729 g/mol. The maximum Gasteiger partial charge on any atom is 0.417 e. The molecule has 0 unspecified atom stereocenters. The van der Waals surface area contributed by atoms with Crippen molar-refractivity contribution in [1.29, 1.82) is 0 Å². The largest absolute Gasteiger partial charge is 0.417 e. The molecule has 0 saturated heterocycles. The first-order valence-corrected chi connectivity index (χ1v) is 16.8. The third kappa shape index (κ3) is 8.08. The number of aromatic amines is 2. The third-order valence-corrected chi connectivity index (χ3v) is 9.17. The summed E-state index contributed by atoms with van der Waals surface area (Å²) in [6.45, 7) is 3.82. The van der Waals surface area contributed by atoms with Gasteiger partial charge in [-0.15, -0.1) is 0 Å². The number of aromatic nitrogens is 4. The molecule has 0 bridgehead atoms. The van der Waals surface area contributed by atoms with Crippen molar-refractivity contribution < 1.29 is 35.9 Å². The number of carbonyl (C=O) groups excluding carboxylic acids is 2. The van der Waals surface area contributed by atoms with Crippen LogP contribution < -0.4 is 10.6 Å². The van der Waals surface area contributed by atoms with Crippen molar-refractivity contribution in [1.82, 2.24) is 19.9 Å². The molecule has 0 saturated carbocycles. The van der Waals surface area contributed by atoms with Gasteiger partial charge in [0.15, 0.2) is 10.3 Å². The summed E-state index contributed by atoms with van der Waals surface area (Å²) in [5.41, 5.74) is 0.158. The standard InChI is InChI=1S/C34H26F6N6O2S2/c1-17-3-9-25-27(11-17)45-31(43-25)49-15-29(47)41-19-5-7-21(23(13-19)33(35,36)37)22-8-6-20(14-24(22)34(38,39)40)42-30(48)16-50-32-44-26-10-4-18(2)12-28(26)46-32/h3-14H,15-16H2,1-2H3,(H,41,47)(H,42,48)(H,43,45)(H,44,46). The molecule has 6 aromatic rings. The second-order valence-corrected chi connectivity index (χ2v) is 13.2. The molecule has 0 radical (unpaired) electrons. The fourth-order valence-electron chi connectivity index (χ4n) is 5.18. The van der Waals surface area contributed by atoms with E-state index in [1.54, 1.807) is 0 Å². The van der Waals surface area contributed by atoms with Crippen LogP contribution in [-0.2, 0) is 21.9 Å². The highest BCUT2D eigenvalue weighted by atomic mass is 32.2. The van der Waals surface area contributed by atoms with Crippen LogP contribution in [0.1, 0.15) is 22.3 Å². The molecule has 2 heterocycles. The zero-order valence-corrected chi connectivity index (χ0v) is 27.8. The first kappa shape index (κ1) is 34.9. The number of halogens is 6. The van der Waals surface area contributed by atoms with Crippen LogP contribution in [0.2, 0.25) is 0 Å². The van der Waals surface area contributed by atoms with Crippen LogP contribution in [0.5, 0.6) is 0 Å². The van der Waals surface area contributed by atoms with Gasteiger partial charge in [-0.25, -0.2) is 9.97 Å². The molecule has 2 amide bonds. The van der Waals surface area contributed by atoms with Crippen molar-refractivity contribution in [3.05, 3.63) is 95.1 Å². The van der Waals surface area contributed by atoms with E-state index < -0.39 is 46.4 Å². The zero-order chi connectivity index (χ0) is 35.8. The minimum absolute atomic E-state index is 0.191. The van der Waals surface area contributed by atoms with E-state index in [0.717, 1.165) is 69.9 Å². The summed E-state index contributed by atoms with van der Waals surface area (Å²) in [4.78, 5) is 40.1. The minimum atomic E-state index is -5.07. The summed E-state index contributed by atoms with van der Waals surface area (Å²) in [7, 11) is 0. The normalized spacial score (nSPS) is 12.1. The quantitative estimate of drug-likeness (QED) is 0.0872. The van der Waals surface area contributed by atoms with Gasteiger partial charge in [-0.2, -0.15) is 26.3 Å². The van der Waals surface area contributed by atoms with Crippen LogP contribution in [0.4, 0.5) is 37.7 Å². The van der Waals surface area contributed by atoms with E-state index >= 15 is 0 Å². The van der Waals surface area contributed by atoms with E-state index in [2.05, 4.69) is 30.6 Å². The Morgan fingerprint density at radius 3 is 1.40 bits per heavy atom. The Kier molecular flexibility index (Phi) is 9.59. The molecule has 8 nitrogen and oxygen atoms in total. The number of H-pyrrole nitrogens is 2. The number of alkyl halides is 6. The second kappa shape index (κ2) is 13.7. The molecule has 2 aromatic heterocycles. The number of hydrogen-bond donors (Lipinski definition) is 4. The number of nitrogens with one attached hydrogen (secondary N) is 4. The van der Waals surface area contributed by atoms with Crippen LogP contribution in [0.15, 0.2) is 83.1 Å². The van der Waals surface area contributed by atoms with Crippen LogP contribution >= 0.6 is 23.5 Å². The molecule has 258 valence electrons. The summed E-state index contributed by atoms with van der Waals surface area (Å²) < 4.78 is 85.6. The average Bonchev–Trinajstić information content (AvgIpc) is 3.64. The summed E-state index contributed by atoms with van der Waals surface area (Å²) in [5.74, 6) is -1.66. The SMILES string of the molecule is Cc1ccc2nc(SCC(=O)Nc3ccc(-c4ccc(NC(=O)CSc5nc6ccc(C)cc6[nH]5)cc4C(F)(F)F)c(C(F)(F)F)c3)[nH]c2c1. The first-order valence-electron chi connectivity index (χ1n) is 14.8. The number of rotatable bonds is 9. The Morgan fingerprint density at radius 2 is 1.02 bits per heavy atom. The number of thioether (sulfide) groups is 2. The number of imidazole rings is 2. The minimum Gasteiger partial charge on any atom is -0.333 e. The Labute approximate surface area is 288 Å². The van der Waals surface area contributed by atoms with Gasteiger partial charge in [0, 0.05) is 11.4 Å². The van der Waals surface area contributed by atoms with E-state index in [1.165, 1.54) is 0 Å². The molecule has 0 fully saturated rings. The molecule has 16 heteroatoms. The summed E-state index contributed by atoms with van der Waals surface area (Å²) in [6.07, 6.45) is -10.1. The zero-order valence-electron chi connectivity index (χ0n) is 26.1. The maximum absolute atomic E-state index is 14.3. The van der Waals surface area contributed by atoms with Gasteiger partial charge in [0.25, 0.3) is 0 Å². The number of amides is 2. The van der Waals surface area contributed by atoms with Crippen molar-refractivity contribution in [3.8, 4) is 11.1 Å². The lowest BCUT2D eigenvalue weighted by Crippen LogP contribution is -2.17. The number of hydrogen-bond acceptors (Lipinski definition) is 6. The second-order valence-electron chi connectivity index (χ2n) is 11.3. The molecule has 0 aliphatic heterocycles. The predicted octanol–water partition coefficient (Wildman–Crippen LogP) is 9.22. The highest BCUT2D eigenvalue weighted by Crippen LogP contribution is 2.44. The molecule has 4 aromatic carbocycles. The first-order chi connectivity index (χ1) is 23.6. The molecular weight excluding hydrogens is 703 g/mol. The lowest BCUT2D eigenvalue weighted by molar-refractivity contribution is -0.139. The molecule has 0 atom stereocenters. The summed E-state index contributed by atoms with van der Waals surface area (Å²) in [5, 5.41) is 5.62. The summed E-state index contributed by atoms with van der Waals surface area (Å²) in [6, 6.07) is 16.3. The Hall–Kier alpha value is -4.96. The molecule has 6 rings (SSSR count). The molecule has 0 spiro atoms. The van der Waals surface area contributed by atoms with Crippen molar-refractivity contribution >= 4 is 68.8 Å². The van der Waals surface area contributed by atoms with Gasteiger partial charge in [-0.1, -0.05) is 47.8 Å². The Morgan fingerprint density at radius 1 is 0.620 bits per heavy atom. The van der Waals surface area contributed by atoms with Crippen molar-refractivity contribution in [2.24, 2.45) is 0 Å². The number of fused-ring (bicyclic) bond motifs is 2. The van der Waals surface area contributed by atoms with Gasteiger partial charge in [0.1, 0.15) is 0 Å². The predicted molar refractivity (Wildman–Crippen MR) is 182 cm³/mol. The lowest BCUT2D eigenvalue weighted by Gasteiger charge is -2.19. The summed E-state index contributed by atoms with van der Waals surface area (Å²) >= 11 is 2.08. The van der Waals surface area contributed by atoms with Crippen molar-refractivity contribution in [3.63, 3.8) is 0 Å². The number of anilines is 2. The van der Waals surface area contributed by atoms with Gasteiger partial charge in [0.05, 0.1) is 44.7 Å². The number of carbonyl (C=O) groups is 2. The highest BCUT2D eigenvalue weighted by Gasteiger charge is 2.39. The maximum atomic E-state index is 14.3. The topological polar surface area (TPSA) is 116 Å². The van der Waals surface area contributed by atoms with Gasteiger partial charge in [-0.3, -0.25) is 9.59 Å². The fraction of sp³-hybridized carbons (Fsp3) is 0.176. The van der Waals surface area contributed by atoms with Gasteiger partial charge >= 0.3 is 12.4 Å². The van der Waals surface area contributed by atoms with E-state index in [4.69, 9.17) is 0 Å². The Balaban J connectivity index is 1.17. The molecule has 0 aliphatic rings. The lowest BCUT2D eigenvalue weighted by atomic mass is 9.93. The Bertz CT molecular complexity index is 2090. The molecule has 4 N–H and O–H groups in total. The van der Waals surface area contributed by atoms with Crippen LogP contribution in [-0.4, -0.2) is 43.3 Å². The number of aryl methyl sites for hydroxylation is 2. The number of benzene rings is 4. The van der Waals surface area contributed by atoms with Crippen molar-refractivity contribution in [2.45, 2.75) is 36.5 Å². The molecule has 0 aliphatic carbocycles. The van der Waals surface area contributed by atoms with Gasteiger partial charge in [0.2, 0.25) is 11.8 Å². The van der Waals surface area contributed by atoms with E-state index in [1.807, 2.05) is 50.2 Å². The molecule has 50 heavy (non-hydrogen) atoms. The smallest absolute Gasteiger partial charge is 0.333 e. The molecular formula is C34H26F6N6O2S2. The van der Waals surface area contributed by atoms with Gasteiger partial charge in [-0.05, 0) is 84.6 Å². The van der Waals surface area contributed by atoms with Crippen LogP contribution in [0.3, 0.4) is 0 Å².